The number of aliphatic carboxylic acids is 1. The normalized spacial score (nSPS) is 15.1. The van der Waals surface area contributed by atoms with Gasteiger partial charge in [0.2, 0.25) is 0 Å². The quantitative estimate of drug-likeness (QED) is 0.404. The van der Waals surface area contributed by atoms with Crippen LogP contribution in [0.4, 0.5) is 4.79 Å². The molecule has 0 radical (unpaired) electrons. The highest BCUT2D eigenvalue weighted by Crippen LogP contribution is 1.91. The average molecular weight is 162 g/mol. The first kappa shape index (κ1) is 9.70. The molecule has 0 fully saturated rings. The van der Waals surface area contributed by atoms with Crippen LogP contribution in [0.5, 0.6) is 0 Å². The molecule has 6 nitrogen and oxygen atoms in total. The fraction of sp³-hybridized carbons (Fsp3) is 0.600. The Morgan fingerprint density at radius 1 is 1.55 bits per heavy atom. The summed E-state index contributed by atoms with van der Waals surface area (Å²) >= 11 is 0. The number of nitrogens with two attached hydrogens (primary N) is 1. The Labute approximate surface area is 63.0 Å². The molecule has 0 rings (SSSR count). The number of aliphatic hydroxyl groups excluding tert-OH is 1. The van der Waals surface area contributed by atoms with Crippen LogP contribution < -0.4 is 11.1 Å². The lowest BCUT2D eigenvalue weighted by Crippen LogP contribution is -2.49. The highest BCUT2D eigenvalue weighted by atomic mass is 16.4. The first-order valence-electron chi connectivity index (χ1n) is 2.92. The van der Waals surface area contributed by atoms with Crippen molar-refractivity contribution in [2.45, 2.75) is 19.1 Å². The SMILES string of the molecule is CC(O)[C@@H](NC(N)=O)C(=O)O. The Morgan fingerprint density at radius 2 is 2.00 bits per heavy atom. The second kappa shape index (κ2) is 3.77. The van der Waals surface area contributed by atoms with E-state index in [-0.39, 0.29) is 0 Å². The molecule has 1 unspecified atom stereocenters. The van der Waals surface area contributed by atoms with E-state index in [1.807, 2.05) is 5.32 Å². The van der Waals surface area contributed by atoms with Crippen molar-refractivity contribution in [3.63, 3.8) is 0 Å². The fourth-order valence-corrected chi connectivity index (χ4v) is 0.542. The van der Waals surface area contributed by atoms with E-state index in [0.717, 1.165) is 0 Å². The van der Waals surface area contributed by atoms with Crippen LogP contribution in [-0.2, 0) is 4.79 Å². The topological polar surface area (TPSA) is 113 Å². The molecule has 0 aliphatic heterocycles. The van der Waals surface area contributed by atoms with E-state index in [4.69, 9.17) is 10.2 Å². The van der Waals surface area contributed by atoms with E-state index in [0.29, 0.717) is 0 Å². The third kappa shape index (κ3) is 3.41. The molecular weight excluding hydrogens is 152 g/mol. The van der Waals surface area contributed by atoms with Gasteiger partial charge in [0.25, 0.3) is 0 Å². The summed E-state index contributed by atoms with van der Waals surface area (Å²) in [5.41, 5.74) is 4.64. The molecule has 2 amide bonds. The van der Waals surface area contributed by atoms with Gasteiger partial charge in [-0.1, -0.05) is 0 Å². The number of hydrogen-bond donors (Lipinski definition) is 4. The van der Waals surface area contributed by atoms with Gasteiger partial charge in [-0.25, -0.2) is 9.59 Å². The van der Waals surface area contributed by atoms with E-state index in [1.54, 1.807) is 0 Å². The summed E-state index contributed by atoms with van der Waals surface area (Å²) in [6, 6.07) is -2.31. The molecule has 0 heterocycles. The van der Waals surface area contributed by atoms with E-state index < -0.39 is 24.1 Å². The summed E-state index contributed by atoms with van der Waals surface area (Å²) in [7, 11) is 0. The number of carboxylic acid groups (broad SMARTS) is 1. The maximum atomic E-state index is 10.2. The molecule has 0 saturated heterocycles. The molecule has 0 aromatic carbocycles. The maximum Gasteiger partial charge on any atom is 0.328 e. The predicted molar refractivity (Wildman–Crippen MR) is 35.8 cm³/mol. The molecule has 11 heavy (non-hydrogen) atoms. The summed E-state index contributed by atoms with van der Waals surface area (Å²) < 4.78 is 0. The van der Waals surface area contributed by atoms with Crippen molar-refractivity contribution in [3.05, 3.63) is 0 Å². The van der Waals surface area contributed by atoms with Gasteiger partial charge in [0.15, 0.2) is 6.04 Å². The van der Waals surface area contributed by atoms with Gasteiger partial charge in [-0.05, 0) is 6.92 Å². The highest BCUT2D eigenvalue weighted by Gasteiger charge is 2.23. The zero-order valence-corrected chi connectivity index (χ0v) is 5.94. The molecular formula is C5H10N2O4. The number of carbonyl (C=O) groups is 2. The molecule has 5 N–H and O–H groups in total. The molecule has 0 aliphatic rings. The molecule has 0 aliphatic carbocycles. The minimum atomic E-state index is -1.34. The summed E-state index contributed by atoms with van der Waals surface area (Å²) in [4.78, 5) is 20.4. The molecule has 0 aromatic heterocycles. The van der Waals surface area contributed by atoms with Crippen LogP contribution in [0.25, 0.3) is 0 Å². The molecule has 2 atom stereocenters. The van der Waals surface area contributed by atoms with Crippen molar-refractivity contribution in [1.29, 1.82) is 0 Å². The van der Waals surface area contributed by atoms with Gasteiger partial charge in [0.1, 0.15) is 0 Å². The Hall–Kier alpha value is -1.30. The number of aliphatic hydroxyl groups is 1. The van der Waals surface area contributed by atoms with Gasteiger partial charge >= 0.3 is 12.0 Å². The van der Waals surface area contributed by atoms with Gasteiger partial charge in [-0.2, -0.15) is 0 Å². The average Bonchev–Trinajstić information content (AvgIpc) is 1.81. The van der Waals surface area contributed by atoms with Crippen LogP contribution >= 0.6 is 0 Å². The van der Waals surface area contributed by atoms with E-state index in [2.05, 4.69) is 5.73 Å². The first-order valence-corrected chi connectivity index (χ1v) is 2.92. The van der Waals surface area contributed by atoms with Crippen LogP contribution in [0.2, 0.25) is 0 Å². The van der Waals surface area contributed by atoms with Gasteiger partial charge in [0.05, 0.1) is 6.10 Å². The van der Waals surface area contributed by atoms with Gasteiger partial charge < -0.3 is 21.3 Å². The Morgan fingerprint density at radius 3 is 2.09 bits per heavy atom. The lowest BCUT2D eigenvalue weighted by molar-refractivity contribution is -0.141. The monoisotopic (exact) mass is 162 g/mol. The van der Waals surface area contributed by atoms with Crippen molar-refractivity contribution in [2.24, 2.45) is 5.73 Å². The molecule has 0 spiro atoms. The van der Waals surface area contributed by atoms with Crippen molar-refractivity contribution in [2.75, 3.05) is 0 Å². The minimum Gasteiger partial charge on any atom is -0.480 e. The first-order chi connectivity index (χ1) is 4.95. The standard InChI is InChI=1S/C5H10N2O4/c1-2(8)3(4(9)10)7-5(6)11/h2-3,8H,1H3,(H,9,10)(H3,6,7,11)/t2?,3-/m1/s1. The third-order valence-electron chi connectivity index (χ3n) is 1.05. The number of urea groups is 1. The molecule has 0 bridgehead atoms. The fourth-order valence-electron chi connectivity index (χ4n) is 0.542. The van der Waals surface area contributed by atoms with Crippen LogP contribution in [-0.4, -0.2) is 34.4 Å². The summed E-state index contributed by atoms with van der Waals surface area (Å²) in [6.07, 6.45) is -1.17. The van der Waals surface area contributed by atoms with Crippen molar-refractivity contribution >= 4 is 12.0 Å². The number of primary amides is 1. The predicted octanol–water partition coefficient (Wildman–Crippen LogP) is -1.51. The summed E-state index contributed by atoms with van der Waals surface area (Å²) in [5, 5.41) is 19.0. The zero-order chi connectivity index (χ0) is 9.02. The Balaban J connectivity index is 4.12. The smallest absolute Gasteiger partial charge is 0.328 e. The van der Waals surface area contributed by atoms with Gasteiger partial charge in [0, 0.05) is 0 Å². The van der Waals surface area contributed by atoms with Crippen LogP contribution in [0, 0.1) is 0 Å². The molecule has 6 heteroatoms. The van der Waals surface area contributed by atoms with Crippen molar-refractivity contribution in [1.82, 2.24) is 5.32 Å². The number of rotatable bonds is 3. The number of carbonyl (C=O) groups excluding carboxylic acids is 1. The molecule has 64 valence electrons. The van der Waals surface area contributed by atoms with E-state index in [9.17, 15) is 9.59 Å². The molecule has 0 aromatic rings. The van der Waals surface area contributed by atoms with Gasteiger partial charge in [-0.3, -0.25) is 0 Å². The lowest BCUT2D eigenvalue weighted by atomic mass is 10.2. The molecule has 0 saturated carbocycles. The van der Waals surface area contributed by atoms with Gasteiger partial charge in [-0.15, -0.1) is 0 Å². The summed E-state index contributed by atoms with van der Waals surface area (Å²) in [6.45, 7) is 1.24. The lowest BCUT2D eigenvalue weighted by Gasteiger charge is -2.14. The Kier molecular flexibility index (Phi) is 3.32. The van der Waals surface area contributed by atoms with Crippen LogP contribution in [0.1, 0.15) is 6.92 Å². The number of hydrogen-bond acceptors (Lipinski definition) is 3. The third-order valence-corrected chi connectivity index (χ3v) is 1.05. The minimum absolute atomic E-state index is 0.974. The number of nitrogens with one attached hydrogen (secondary N) is 1. The summed E-state index contributed by atoms with van der Waals surface area (Å²) in [5.74, 6) is -1.32. The van der Waals surface area contributed by atoms with Crippen LogP contribution in [0.3, 0.4) is 0 Å². The second-order valence-electron chi connectivity index (χ2n) is 2.07. The second-order valence-corrected chi connectivity index (χ2v) is 2.07. The largest absolute Gasteiger partial charge is 0.480 e. The zero-order valence-electron chi connectivity index (χ0n) is 5.94. The maximum absolute atomic E-state index is 10.2. The number of carboxylic acids is 1. The van der Waals surface area contributed by atoms with E-state index >= 15 is 0 Å². The van der Waals surface area contributed by atoms with Crippen LogP contribution in [0.15, 0.2) is 0 Å². The Bertz CT molecular complexity index is 168. The highest BCUT2D eigenvalue weighted by molar-refractivity contribution is 5.81. The number of amides is 2. The van der Waals surface area contributed by atoms with E-state index in [1.165, 1.54) is 6.92 Å². The van der Waals surface area contributed by atoms with Crippen molar-refractivity contribution in [3.8, 4) is 0 Å². The van der Waals surface area contributed by atoms with Crippen molar-refractivity contribution < 1.29 is 19.8 Å².